The van der Waals surface area contributed by atoms with Crippen molar-refractivity contribution >= 4 is 5.95 Å². The van der Waals surface area contributed by atoms with Crippen molar-refractivity contribution in [1.82, 2.24) is 25.5 Å². The number of nitrogens with one attached hydrogen (secondary N) is 1. The fourth-order valence-corrected chi connectivity index (χ4v) is 2.90. The Balaban J connectivity index is 2.26. The number of piperidine rings is 1. The summed E-state index contributed by atoms with van der Waals surface area (Å²) in [5, 5.41) is 15.0. The van der Waals surface area contributed by atoms with Crippen LogP contribution in [0.3, 0.4) is 0 Å². The zero-order chi connectivity index (χ0) is 12.0. The van der Waals surface area contributed by atoms with Crippen LogP contribution in [-0.2, 0) is 0 Å². The van der Waals surface area contributed by atoms with Gasteiger partial charge in [-0.2, -0.15) is 0 Å². The minimum absolute atomic E-state index is 0.0742. The highest BCUT2D eigenvalue weighted by Gasteiger charge is 2.39. The van der Waals surface area contributed by atoms with E-state index in [4.69, 9.17) is 5.73 Å². The first-order valence-corrected chi connectivity index (χ1v) is 5.62. The second kappa shape index (κ2) is 3.41. The molecule has 0 spiro atoms. The highest BCUT2D eigenvalue weighted by atomic mass is 15.6. The molecule has 0 aliphatic carbocycles. The van der Waals surface area contributed by atoms with E-state index in [0.29, 0.717) is 5.95 Å². The maximum atomic E-state index is 5.75. The van der Waals surface area contributed by atoms with Crippen LogP contribution in [-0.4, -0.2) is 31.3 Å². The number of aromatic nitrogens is 4. The molecule has 1 aromatic rings. The molecule has 1 aliphatic rings. The quantitative estimate of drug-likeness (QED) is 0.735. The number of nitrogens with two attached hydrogens (primary N) is 1. The highest BCUT2D eigenvalue weighted by molar-refractivity contribution is 5.13. The Morgan fingerprint density at radius 3 is 2.25 bits per heavy atom. The lowest BCUT2D eigenvalue weighted by Crippen LogP contribution is -2.58. The van der Waals surface area contributed by atoms with Gasteiger partial charge in [-0.3, -0.25) is 0 Å². The van der Waals surface area contributed by atoms with Crippen molar-refractivity contribution in [2.24, 2.45) is 0 Å². The lowest BCUT2D eigenvalue weighted by molar-refractivity contribution is 0.126. The third-order valence-electron chi connectivity index (χ3n) is 3.03. The number of hydrogen-bond donors (Lipinski definition) is 2. The van der Waals surface area contributed by atoms with Crippen molar-refractivity contribution < 1.29 is 0 Å². The molecule has 2 rings (SSSR count). The molecular formula is C10H20N6. The molecule has 0 aromatic carbocycles. The van der Waals surface area contributed by atoms with E-state index in [1.165, 1.54) is 0 Å². The van der Waals surface area contributed by atoms with Gasteiger partial charge in [0.05, 0.1) is 6.04 Å². The van der Waals surface area contributed by atoms with Gasteiger partial charge in [0.15, 0.2) is 0 Å². The van der Waals surface area contributed by atoms with Crippen molar-refractivity contribution in [3.63, 3.8) is 0 Å². The fourth-order valence-electron chi connectivity index (χ4n) is 2.90. The molecule has 0 radical (unpaired) electrons. The average Bonchev–Trinajstić information content (AvgIpc) is 2.45. The van der Waals surface area contributed by atoms with E-state index in [9.17, 15) is 0 Å². The molecule has 1 aromatic heterocycles. The number of hydrogen-bond acceptors (Lipinski definition) is 5. The van der Waals surface area contributed by atoms with E-state index in [2.05, 4.69) is 48.5 Å². The predicted molar refractivity (Wildman–Crippen MR) is 61.8 cm³/mol. The van der Waals surface area contributed by atoms with Crippen molar-refractivity contribution in [1.29, 1.82) is 0 Å². The molecule has 0 bridgehead atoms. The molecule has 6 nitrogen and oxygen atoms in total. The Kier molecular flexibility index (Phi) is 2.41. The van der Waals surface area contributed by atoms with E-state index in [-0.39, 0.29) is 17.1 Å². The van der Waals surface area contributed by atoms with Gasteiger partial charge >= 0.3 is 0 Å². The number of tetrazole rings is 1. The van der Waals surface area contributed by atoms with Crippen molar-refractivity contribution in [3.8, 4) is 0 Å². The summed E-state index contributed by atoms with van der Waals surface area (Å²) < 4.78 is 1.74. The van der Waals surface area contributed by atoms with Crippen LogP contribution in [0.5, 0.6) is 0 Å². The van der Waals surface area contributed by atoms with Gasteiger partial charge < -0.3 is 11.1 Å². The largest absolute Gasteiger partial charge is 0.367 e. The number of rotatable bonds is 1. The maximum absolute atomic E-state index is 5.75. The SMILES string of the molecule is CC1(C)CC(n2nnnc2N)CC(C)(C)N1. The zero-order valence-electron chi connectivity index (χ0n) is 10.4. The van der Waals surface area contributed by atoms with Crippen LogP contribution in [0, 0.1) is 0 Å². The molecule has 0 atom stereocenters. The molecule has 6 heteroatoms. The van der Waals surface area contributed by atoms with Crippen LogP contribution in [0.1, 0.15) is 46.6 Å². The number of anilines is 1. The van der Waals surface area contributed by atoms with Gasteiger partial charge in [-0.05, 0) is 51.0 Å². The van der Waals surface area contributed by atoms with E-state index in [1.54, 1.807) is 4.68 Å². The van der Waals surface area contributed by atoms with Crippen LogP contribution in [0.15, 0.2) is 0 Å². The second-order valence-corrected chi connectivity index (χ2v) is 5.94. The summed E-state index contributed by atoms with van der Waals surface area (Å²) in [5.41, 5.74) is 5.90. The Hall–Kier alpha value is -1.17. The van der Waals surface area contributed by atoms with Gasteiger partial charge in [0, 0.05) is 11.1 Å². The van der Waals surface area contributed by atoms with E-state index < -0.39 is 0 Å². The predicted octanol–water partition coefficient (Wildman–Crippen LogP) is 0.737. The van der Waals surface area contributed by atoms with Gasteiger partial charge in [0.2, 0.25) is 5.95 Å². The Morgan fingerprint density at radius 2 is 1.81 bits per heavy atom. The van der Waals surface area contributed by atoms with Crippen LogP contribution >= 0.6 is 0 Å². The summed E-state index contributed by atoms with van der Waals surface area (Å²) in [6.07, 6.45) is 1.96. The smallest absolute Gasteiger partial charge is 0.240 e. The van der Waals surface area contributed by atoms with Crippen LogP contribution in [0.2, 0.25) is 0 Å². The Bertz CT molecular complexity index is 364. The molecule has 16 heavy (non-hydrogen) atoms. The third kappa shape index (κ3) is 2.16. The minimum atomic E-state index is 0.0742. The van der Waals surface area contributed by atoms with Gasteiger partial charge in [0.1, 0.15) is 0 Å². The molecule has 1 aliphatic heterocycles. The Labute approximate surface area is 95.6 Å². The molecule has 2 heterocycles. The molecule has 0 amide bonds. The molecule has 3 N–H and O–H groups in total. The van der Waals surface area contributed by atoms with Crippen molar-refractivity contribution in [3.05, 3.63) is 0 Å². The first kappa shape index (κ1) is 11.3. The minimum Gasteiger partial charge on any atom is -0.367 e. The summed E-state index contributed by atoms with van der Waals surface area (Å²) in [7, 11) is 0. The first-order chi connectivity index (χ1) is 7.29. The normalized spacial score (nSPS) is 24.5. The summed E-state index contributed by atoms with van der Waals surface area (Å²) in [5.74, 6) is 0.401. The summed E-state index contributed by atoms with van der Waals surface area (Å²) in [6, 6.07) is 0.265. The summed E-state index contributed by atoms with van der Waals surface area (Å²) in [4.78, 5) is 0. The maximum Gasteiger partial charge on any atom is 0.240 e. The monoisotopic (exact) mass is 224 g/mol. The van der Waals surface area contributed by atoms with E-state index >= 15 is 0 Å². The summed E-state index contributed by atoms with van der Waals surface area (Å²) >= 11 is 0. The number of nitrogen functional groups attached to an aromatic ring is 1. The van der Waals surface area contributed by atoms with Gasteiger partial charge in [-0.25, -0.2) is 4.68 Å². The van der Waals surface area contributed by atoms with Crippen LogP contribution in [0.4, 0.5) is 5.95 Å². The number of nitrogens with zero attached hydrogens (tertiary/aromatic N) is 4. The highest BCUT2D eigenvalue weighted by Crippen LogP contribution is 2.35. The van der Waals surface area contributed by atoms with Gasteiger partial charge in [0.25, 0.3) is 0 Å². The standard InChI is InChI=1S/C10H20N6/c1-9(2)5-7(6-10(3,4)13-9)16-8(11)12-14-15-16/h7,13H,5-6H2,1-4H3,(H2,11,12,15). The lowest BCUT2D eigenvalue weighted by atomic mass is 9.80. The van der Waals surface area contributed by atoms with Crippen molar-refractivity contribution in [2.45, 2.75) is 57.7 Å². The second-order valence-electron chi connectivity index (χ2n) is 5.94. The molecular weight excluding hydrogens is 204 g/mol. The topological polar surface area (TPSA) is 81.7 Å². The Morgan fingerprint density at radius 1 is 1.25 bits per heavy atom. The van der Waals surface area contributed by atoms with Crippen LogP contribution < -0.4 is 11.1 Å². The van der Waals surface area contributed by atoms with E-state index in [1.807, 2.05) is 0 Å². The molecule has 0 unspecified atom stereocenters. The molecule has 0 saturated carbocycles. The summed E-state index contributed by atoms with van der Waals surface area (Å²) in [6.45, 7) is 8.78. The lowest BCUT2D eigenvalue weighted by Gasteiger charge is -2.46. The van der Waals surface area contributed by atoms with Crippen LogP contribution in [0.25, 0.3) is 0 Å². The van der Waals surface area contributed by atoms with Gasteiger partial charge in [-0.1, -0.05) is 5.10 Å². The molecule has 1 fully saturated rings. The average molecular weight is 224 g/mol. The fraction of sp³-hybridized carbons (Fsp3) is 0.900. The van der Waals surface area contributed by atoms with Gasteiger partial charge in [-0.15, -0.1) is 0 Å². The molecule has 90 valence electrons. The first-order valence-electron chi connectivity index (χ1n) is 5.62. The third-order valence-corrected chi connectivity index (χ3v) is 3.03. The zero-order valence-corrected chi connectivity index (χ0v) is 10.4. The molecule has 1 saturated heterocycles. The van der Waals surface area contributed by atoms with E-state index in [0.717, 1.165) is 12.8 Å². The van der Waals surface area contributed by atoms with Crippen molar-refractivity contribution in [2.75, 3.05) is 5.73 Å².